The van der Waals surface area contributed by atoms with Crippen LogP contribution in [0.5, 0.6) is 0 Å². The van der Waals surface area contributed by atoms with E-state index in [2.05, 4.69) is 4.72 Å². The smallest absolute Gasteiger partial charge is 0.321 e. The van der Waals surface area contributed by atoms with Crippen LogP contribution in [0.1, 0.15) is 53.8 Å². The van der Waals surface area contributed by atoms with E-state index in [0.717, 1.165) is 4.90 Å². The van der Waals surface area contributed by atoms with Crippen LogP contribution in [0.3, 0.4) is 0 Å². The van der Waals surface area contributed by atoms with Gasteiger partial charge in [0, 0.05) is 6.54 Å². The summed E-state index contributed by atoms with van der Waals surface area (Å²) >= 11 is 0. The van der Waals surface area contributed by atoms with E-state index in [-0.39, 0.29) is 42.9 Å². The Morgan fingerprint density at radius 3 is 2.15 bits per heavy atom. The third kappa shape index (κ3) is 5.36. The number of unbranched alkanes of at least 4 members (excludes halogenated alkanes) is 1. The Hall–Kier alpha value is -2.26. The van der Waals surface area contributed by atoms with Crippen LogP contribution in [-0.2, 0) is 14.8 Å². The van der Waals surface area contributed by atoms with E-state index in [0.29, 0.717) is 17.5 Å². The van der Waals surface area contributed by atoms with Gasteiger partial charge in [-0.25, -0.2) is 13.1 Å². The molecule has 0 radical (unpaired) electrons. The fourth-order valence-electron chi connectivity index (χ4n) is 2.95. The SMILES string of the molecule is CC(C)C[C@H](NS(=O)(=O)CCCCN1C(=O)c2ccccc2C1=O)C(=O)O. The molecule has 0 aliphatic carbocycles. The van der Waals surface area contributed by atoms with Crippen LogP contribution in [0.4, 0.5) is 0 Å². The largest absolute Gasteiger partial charge is 0.480 e. The van der Waals surface area contributed by atoms with Gasteiger partial charge in [0.25, 0.3) is 11.8 Å². The maximum absolute atomic E-state index is 12.2. The zero-order chi connectivity index (χ0) is 20.2. The summed E-state index contributed by atoms with van der Waals surface area (Å²) in [6.07, 6.45) is 0.717. The van der Waals surface area contributed by atoms with Crippen LogP contribution < -0.4 is 4.72 Å². The Kier molecular flexibility index (Phi) is 6.72. The maximum atomic E-state index is 12.2. The van der Waals surface area contributed by atoms with E-state index >= 15 is 0 Å². The lowest BCUT2D eigenvalue weighted by atomic mass is 10.1. The molecule has 2 rings (SSSR count). The normalized spacial score (nSPS) is 15.3. The summed E-state index contributed by atoms with van der Waals surface area (Å²) in [4.78, 5) is 36.8. The zero-order valence-corrected chi connectivity index (χ0v) is 16.2. The van der Waals surface area contributed by atoms with Gasteiger partial charge < -0.3 is 5.11 Å². The molecule has 148 valence electrons. The molecule has 1 aromatic carbocycles. The lowest BCUT2D eigenvalue weighted by molar-refractivity contribution is -0.139. The molecule has 8 nitrogen and oxygen atoms in total. The summed E-state index contributed by atoms with van der Waals surface area (Å²) in [6.45, 7) is 3.74. The number of amides is 2. The fourth-order valence-corrected chi connectivity index (χ4v) is 4.28. The van der Waals surface area contributed by atoms with Gasteiger partial charge in [0.15, 0.2) is 0 Å². The molecule has 0 fully saturated rings. The Balaban J connectivity index is 1.85. The van der Waals surface area contributed by atoms with E-state index in [9.17, 15) is 22.8 Å². The minimum Gasteiger partial charge on any atom is -0.480 e. The maximum Gasteiger partial charge on any atom is 0.321 e. The van der Waals surface area contributed by atoms with Crippen molar-refractivity contribution in [2.45, 2.75) is 39.2 Å². The summed E-state index contributed by atoms with van der Waals surface area (Å²) in [6, 6.07) is 5.38. The molecule has 0 spiro atoms. The van der Waals surface area contributed by atoms with Crippen LogP contribution in [-0.4, -0.2) is 54.5 Å². The topological polar surface area (TPSA) is 121 Å². The van der Waals surface area contributed by atoms with Crippen molar-refractivity contribution >= 4 is 27.8 Å². The van der Waals surface area contributed by atoms with Crippen molar-refractivity contribution in [2.75, 3.05) is 12.3 Å². The van der Waals surface area contributed by atoms with Crippen molar-refractivity contribution in [3.8, 4) is 0 Å². The van der Waals surface area contributed by atoms with Gasteiger partial charge in [-0.1, -0.05) is 26.0 Å². The number of imide groups is 1. The number of hydrogen-bond acceptors (Lipinski definition) is 5. The molecule has 2 amide bonds. The Morgan fingerprint density at radius 2 is 1.67 bits per heavy atom. The molecule has 2 N–H and O–H groups in total. The number of benzene rings is 1. The molecular formula is C18H24N2O6S. The van der Waals surface area contributed by atoms with Crippen LogP contribution >= 0.6 is 0 Å². The van der Waals surface area contributed by atoms with Gasteiger partial charge in [-0.15, -0.1) is 0 Å². The second-order valence-corrected chi connectivity index (χ2v) is 8.85. The summed E-state index contributed by atoms with van der Waals surface area (Å²) in [5.74, 6) is -2.20. The molecule has 0 bridgehead atoms. The van der Waals surface area contributed by atoms with Crippen molar-refractivity contribution in [1.29, 1.82) is 0 Å². The zero-order valence-electron chi connectivity index (χ0n) is 15.3. The van der Waals surface area contributed by atoms with Crippen molar-refractivity contribution < 1.29 is 27.9 Å². The third-order valence-electron chi connectivity index (χ3n) is 4.25. The second kappa shape index (κ2) is 8.62. The van der Waals surface area contributed by atoms with Crippen molar-refractivity contribution in [3.05, 3.63) is 35.4 Å². The first-order valence-electron chi connectivity index (χ1n) is 8.80. The number of sulfonamides is 1. The first-order valence-corrected chi connectivity index (χ1v) is 10.5. The molecule has 0 unspecified atom stereocenters. The number of carboxylic acids is 1. The van der Waals surface area contributed by atoms with Crippen molar-refractivity contribution in [2.24, 2.45) is 5.92 Å². The van der Waals surface area contributed by atoms with Gasteiger partial charge in [0.05, 0.1) is 16.9 Å². The van der Waals surface area contributed by atoms with Crippen LogP contribution in [0.2, 0.25) is 0 Å². The number of nitrogens with zero attached hydrogens (tertiary/aromatic N) is 1. The highest BCUT2D eigenvalue weighted by Gasteiger charge is 2.34. The van der Waals surface area contributed by atoms with Gasteiger partial charge in [-0.2, -0.15) is 0 Å². The number of rotatable bonds is 10. The first kappa shape index (κ1) is 21.0. The van der Waals surface area contributed by atoms with E-state index < -0.39 is 22.0 Å². The average molecular weight is 396 g/mol. The highest BCUT2D eigenvalue weighted by atomic mass is 32.2. The number of aliphatic carboxylic acids is 1. The highest BCUT2D eigenvalue weighted by molar-refractivity contribution is 7.89. The average Bonchev–Trinajstić information content (AvgIpc) is 2.82. The van der Waals surface area contributed by atoms with Crippen molar-refractivity contribution in [3.63, 3.8) is 0 Å². The molecule has 0 saturated heterocycles. The molecule has 1 atom stereocenters. The molecular weight excluding hydrogens is 372 g/mol. The lowest BCUT2D eigenvalue weighted by Crippen LogP contribution is -2.42. The van der Waals surface area contributed by atoms with E-state index in [4.69, 9.17) is 5.11 Å². The van der Waals surface area contributed by atoms with Gasteiger partial charge in [-0.3, -0.25) is 19.3 Å². The summed E-state index contributed by atoms with van der Waals surface area (Å²) in [5, 5.41) is 9.14. The highest BCUT2D eigenvalue weighted by Crippen LogP contribution is 2.22. The van der Waals surface area contributed by atoms with Gasteiger partial charge in [-0.05, 0) is 37.3 Å². The molecule has 0 aromatic heterocycles. The molecule has 1 heterocycles. The van der Waals surface area contributed by atoms with Crippen LogP contribution in [0.25, 0.3) is 0 Å². The monoisotopic (exact) mass is 396 g/mol. The summed E-state index contributed by atoms with van der Waals surface area (Å²) in [5.41, 5.74) is 0.713. The Bertz CT molecular complexity index is 799. The molecule has 1 aliphatic heterocycles. The number of nitrogens with one attached hydrogen (secondary N) is 1. The summed E-state index contributed by atoms with van der Waals surface area (Å²) in [7, 11) is -3.77. The number of carbonyl (C=O) groups excluding carboxylic acids is 2. The molecule has 0 saturated carbocycles. The van der Waals surface area contributed by atoms with E-state index in [1.165, 1.54) is 0 Å². The fraction of sp³-hybridized carbons (Fsp3) is 0.500. The minimum absolute atomic E-state index is 0.0302. The van der Waals surface area contributed by atoms with E-state index in [1.54, 1.807) is 24.3 Å². The number of carboxylic acid groups (broad SMARTS) is 1. The molecule has 1 aliphatic rings. The third-order valence-corrected chi connectivity index (χ3v) is 5.72. The van der Waals surface area contributed by atoms with Gasteiger partial charge in [0.2, 0.25) is 10.0 Å². The second-order valence-electron chi connectivity index (χ2n) is 6.97. The predicted octanol–water partition coefficient (Wildman–Crippen LogP) is 1.48. The van der Waals surface area contributed by atoms with Crippen LogP contribution in [0.15, 0.2) is 24.3 Å². The quantitative estimate of drug-likeness (QED) is 0.456. The van der Waals surface area contributed by atoms with Crippen molar-refractivity contribution in [1.82, 2.24) is 9.62 Å². The number of carbonyl (C=O) groups is 3. The predicted molar refractivity (Wildman–Crippen MR) is 98.8 cm³/mol. The lowest BCUT2D eigenvalue weighted by Gasteiger charge is -2.17. The van der Waals surface area contributed by atoms with Crippen LogP contribution in [0, 0.1) is 5.92 Å². The number of fused-ring (bicyclic) bond motifs is 1. The number of hydrogen-bond donors (Lipinski definition) is 2. The molecule has 9 heteroatoms. The first-order chi connectivity index (χ1) is 12.6. The molecule has 1 aromatic rings. The van der Waals surface area contributed by atoms with Gasteiger partial charge >= 0.3 is 5.97 Å². The Morgan fingerprint density at radius 1 is 1.11 bits per heavy atom. The Labute approximate surface area is 158 Å². The minimum atomic E-state index is -3.77. The van der Waals surface area contributed by atoms with Gasteiger partial charge in [0.1, 0.15) is 6.04 Å². The van der Waals surface area contributed by atoms with E-state index in [1.807, 2.05) is 13.8 Å². The summed E-state index contributed by atoms with van der Waals surface area (Å²) < 4.78 is 26.4. The molecule has 27 heavy (non-hydrogen) atoms. The standard InChI is InChI=1S/C18H24N2O6S/c1-12(2)11-15(18(23)24)19-27(25,26)10-6-5-9-20-16(21)13-7-3-4-8-14(13)17(20)22/h3-4,7-8,12,15,19H,5-6,9-11H2,1-2H3,(H,23,24)/t15-/m0/s1.